The Bertz CT molecular complexity index is 482. The average molecular weight is 292 g/mol. The van der Waals surface area contributed by atoms with Gasteiger partial charge < -0.3 is 20.5 Å². The molecule has 1 aliphatic rings. The lowest BCUT2D eigenvalue weighted by molar-refractivity contribution is -0.124. The molecule has 0 spiro atoms. The smallest absolute Gasteiger partial charge is 0.258 e. The number of benzene rings is 1. The number of amides is 1. The zero-order chi connectivity index (χ0) is 15.2. The van der Waals surface area contributed by atoms with E-state index in [1.165, 1.54) is 0 Å². The van der Waals surface area contributed by atoms with Gasteiger partial charge in [0.15, 0.2) is 6.61 Å². The first-order chi connectivity index (χ1) is 10.1. The van der Waals surface area contributed by atoms with Crippen molar-refractivity contribution in [2.45, 2.75) is 38.8 Å². The van der Waals surface area contributed by atoms with Crippen LogP contribution in [0.4, 0.5) is 0 Å². The highest BCUT2D eigenvalue weighted by atomic mass is 16.5. The summed E-state index contributed by atoms with van der Waals surface area (Å²) in [4.78, 5) is 11.9. The number of carbonyl (C=O) groups excluding carboxylic acids is 1. The second-order valence-electron chi connectivity index (χ2n) is 5.57. The molecule has 0 aliphatic carbocycles. The van der Waals surface area contributed by atoms with Crippen molar-refractivity contribution in [2.24, 2.45) is 5.73 Å². The standard InChI is InChI=1S/C16H24N2O3/c1-11-3-4-14(12(2)17)15(9-11)21-10-16(19)18-13-5-7-20-8-6-13/h3-4,9,12-13H,5-8,10,17H2,1-2H3,(H,18,19)/t12-/m0/s1. The van der Waals surface area contributed by atoms with E-state index in [0.717, 1.165) is 24.0 Å². The minimum Gasteiger partial charge on any atom is -0.483 e. The van der Waals surface area contributed by atoms with Crippen molar-refractivity contribution in [3.63, 3.8) is 0 Å². The van der Waals surface area contributed by atoms with Crippen molar-refractivity contribution in [1.82, 2.24) is 5.32 Å². The van der Waals surface area contributed by atoms with Crippen molar-refractivity contribution in [1.29, 1.82) is 0 Å². The maximum absolute atomic E-state index is 11.9. The summed E-state index contributed by atoms with van der Waals surface area (Å²) in [7, 11) is 0. The lowest BCUT2D eigenvalue weighted by Gasteiger charge is -2.23. The molecule has 21 heavy (non-hydrogen) atoms. The van der Waals surface area contributed by atoms with Gasteiger partial charge in [-0.3, -0.25) is 4.79 Å². The predicted octanol–water partition coefficient (Wildman–Crippen LogP) is 1.69. The highest BCUT2D eigenvalue weighted by Crippen LogP contribution is 2.25. The van der Waals surface area contributed by atoms with Crippen LogP contribution in [0, 0.1) is 6.92 Å². The van der Waals surface area contributed by atoms with E-state index in [-0.39, 0.29) is 24.6 Å². The van der Waals surface area contributed by atoms with Crippen molar-refractivity contribution in [2.75, 3.05) is 19.8 Å². The van der Waals surface area contributed by atoms with Gasteiger partial charge in [0.1, 0.15) is 5.75 Å². The summed E-state index contributed by atoms with van der Waals surface area (Å²) < 4.78 is 10.9. The van der Waals surface area contributed by atoms with Crippen molar-refractivity contribution in [3.8, 4) is 5.75 Å². The van der Waals surface area contributed by atoms with Crippen molar-refractivity contribution < 1.29 is 14.3 Å². The fraction of sp³-hybridized carbons (Fsp3) is 0.562. The molecule has 0 bridgehead atoms. The molecule has 0 aromatic heterocycles. The summed E-state index contributed by atoms with van der Waals surface area (Å²) in [6, 6.07) is 5.93. The van der Waals surface area contributed by atoms with E-state index in [1.807, 2.05) is 32.0 Å². The Kier molecular flexibility index (Phi) is 5.59. The number of rotatable bonds is 5. The maximum atomic E-state index is 11.9. The summed E-state index contributed by atoms with van der Waals surface area (Å²) in [6.45, 7) is 5.32. The molecule has 0 radical (unpaired) electrons. The van der Waals surface area contributed by atoms with Gasteiger partial charge in [0.2, 0.25) is 0 Å². The zero-order valence-corrected chi connectivity index (χ0v) is 12.7. The van der Waals surface area contributed by atoms with Gasteiger partial charge in [-0.1, -0.05) is 12.1 Å². The Morgan fingerprint density at radius 2 is 2.19 bits per heavy atom. The number of carbonyl (C=O) groups is 1. The molecule has 5 nitrogen and oxygen atoms in total. The molecule has 1 fully saturated rings. The molecule has 1 aromatic carbocycles. The SMILES string of the molecule is Cc1ccc([C@H](C)N)c(OCC(=O)NC2CCOCC2)c1. The maximum Gasteiger partial charge on any atom is 0.258 e. The molecular weight excluding hydrogens is 268 g/mol. The topological polar surface area (TPSA) is 73.6 Å². The molecule has 116 valence electrons. The molecular formula is C16H24N2O3. The Labute approximate surface area is 125 Å². The number of nitrogens with two attached hydrogens (primary N) is 1. The molecule has 2 rings (SSSR count). The zero-order valence-electron chi connectivity index (χ0n) is 12.7. The normalized spacial score (nSPS) is 17.3. The van der Waals surface area contributed by atoms with Crippen LogP contribution >= 0.6 is 0 Å². The van der Waals surface area contributed by atoms with E-state index in [0.29, 0.717) is 19.0 Å². The summed E-state index contributed by atoms with van der Waals surface area (Å²) in [5.41, 5.74) is 7.92. The molecule has 1 aromatic rings. The van der Waals surface area contributed by atoms with Gasteiger partial charge in [-0.05, 0) is 38.3 Å². The summed E-state index contributed by atoms with van der Waals surface area (Å²) in [5, 5.41) is 2.98. The Hall–Kier alpha value is -1.59. The molecule has 3 N–H and O–H groups in total. The molecule has 5 heteroatoms. The molecule has 1 aliphatic heterocycles. The minimum atomic E-state index is -0.126. The molecule has 0 saturated carbocycles. The molecule has 1 saturated heterocycles. The van der Waals surface area contributed by atoms with Crippen LogP contribution in [0.25, 0.3) is 0 Å². The van der Waals surface area contributed by atoms with E-state index < -0.39 is 0 Å². The van der Waals surface area contributed by atoms with Crippen LogP contribution in [-0.2, 0) is 9.53 Å². The largest absolute Gasteiger partial charge is 0.483 e. The van der Waals surface area contributed by atoms with Gasteiger partial charge in [-0.25, -0.2) is 0 Å². The number of hydrogen-bond donors (Lipinski definition) is 2. The quantitative estimate of drug-likeness (QED) is 0.866. The second-order valence-corrected chi connectivity index (χ2v) is 5.57. The molecule has 1 heterocycles. The third-order valence-electron chi connectivity index (χ3n) is 3.60. The van der Waals surface area contributed by atoms with E-state index in [4.69, 9.17) is 15.2 Å². The molecule has 1 amide bonds. The first kappa shape index (κ1) is 15.8. The molecule has 0 unspecified atom stereocenters. The highest BCUT2D eigenvalue weighted by molar-refractivity contribution is 5.77. The van der Waals surface area contributed by atoms with Crippen molar-refractivity contribution >= 4 is 5.91 Å². The summed E-state index contributed by atoms with van der Waals surface area (Å²) in [5.74, 6) is 0.589. The van der Waals surface area contributed by atoms with Gasteiger partial charge in [0, 0.05) is 30.9 Å². The molecule has 1 atom stereocenters. The predicted molar refractivity (Wildman–Crippen MR) is 81.3 cm³/mol. The summed E-state index contributed by atoms with van der Waals surface area (Å²) >= 11 is 0. The third-order valence-corrected chi connectivity index (χ3v) is 3.60. The fourth-order valence-electron chi connectivity index (χ4n) is 2.40. The Balaban J connectivity index is 1.89. The van der Waals surface area contributed by atoms with Gasteiger partial charge in [-0.15, -0.1) is 0 Å². The van der Waals surface area contributed by atoms with Crippen molar-refractivity contribution in [3.05, 3.63) is 29.3 Å². The van der Waals surface area contributed by atoms with Gasteiger partial charge in [0.05, 0.1) is 0 Å². The van der Waals surface area contributed by atoms with Crippen LogP contribution in [0.2, 0.25) is 0 Å². The number of aryl methyl sites for hydroxylation is 1. The Morgan fingerprint density at radius 1 is 1.48 bits per heavy atom. The van der Waals surface area contributed by atoms with Gasteiger partial charge in [-0.2, -0.15) is 0 Å². The number of nitrogens with one attached hydrogen (secondary N) is 1. The minimum absolute atomic E-state index is 0.0144. The van der Waals surface area contributed by atoms with E-state index in [9.17, 15) is 4.79 Å². The third kappa shape index (κ3) is 4.72. The average Bonchev–Trinajstić information content (AvgIpc) is 2.46. The van der Waals surface area contributed by atoms with Crippen LogP contribution in [-0.4, -0.2) is 31.8 Å². The van der Waals surface area contributed by atoms with Crippen LogP contribution in [0.3, 0.4) is 0 Å². The van der Waals surface area contributed by atoms with Crippen LogP contribution in [0.5, 0.6) is 5.75 Å². The van der Waals surface area contributed by atoms with E-state index in [1.54, 1.807) is 0 Å². The fourth-order valence-corrected chi connectivity index (χ4v) is 2.40. The lowest BCUT2D eigenvalue weighted by Crippen LogP contribution is -2.41. The van der Waals surface area contributed by atoms with Crippen LogP contribution < -0.4 is 15.8 Å². The number of hydrogen-bond acceptors (Lipinski definition) is 4. The van der Waals surface area contributed by atoms with Gasteiger partial charge in [0.25, 0.3) is 5.91 Å². The Morgan fingerprint density at radius 3 is 2.86 bits per heavy atom. The van der Waals surface area contributed by atoms with Gasteiger partial charge >= 0.3 is 0 Å². The van der Waals surface area contributed by atoms with Crippen LogP contribution in [0.1, 0.15) is 36.9 Å². The first-order valence-electron chi connectivity index (χ1n) is 7.42. The number of ether oxygens (including phenoxy) is 2. The van der Waals surface area contributed by atoms with Crippen LogP contribution in [0.15, 0.2) is 18.2 Å². The first-order valence-corrected chi connectivity index (χ1v) is 7.42. The van der Waals surface area contributed by atoms with E-state index >= 15 is 0 Å². The second kappa shape index (κ2) is 7.43. The monoisotopic (exact) mass is 292 g/mol. The lowest BCUT2D eigenvalue weighted by atomic mass is 10.1. The highest BCUT2D eigenvalue weighted by Gasteiger charge is 2.17. The summed E-state index contributed by atoms with van der Waals surface area (Å²) in [6.07, 6.45) is 1.72. The van der Waals surface area contributed by atoms with E-state index in [2.05, 4.69) is 5.32 Å².